The van der Waals surface area contributed by atoms with Crippen molar-refractivity contribution in [2.75, 3.05) is 18.9 Å². The maximum Gasteiger partial charge on any atom is 0.417 e. The molecule has 116 valence electrons. The first-order valence-electron chi connectivity index (χ1n) is 6.49. The first-order chi connectivity index (χ1) is 9.95. The van der Waals surface area contributed by atoms with Gasteiger partial charge in [-0.1, -0.05) is 11.8 Å². The fraction of sp³-hybridized carbons (Fsp3) is 0.538. The Labute approximate surface area is 124 Å². The highest BCUT2D eigenvalue weighted by molar-refractivity contribution is 7.99. The number of hydrogen-bond acceptors (Lipinski definition) is 4. The third kappa shape index (κ3) is 5.20. The van der Waals surface area contributed by atoms with Gasteiger partial charge in [0.25, 0.3) is 0 Å². The Morgan fingerprint density at radius 3 is 2.86 bits per heavy atom. The standard InChI is InChI=1S/C13H15F3N2O2S/c14-13(15,16)9-3-4-12(18-6-9)21-8-11(19)17-7-10-2-1-5-20-10/h3-4,6,10H,1-2,5,7-8H2,(H,17,19)/t10-/m1/s1. The molecule has 1 aliphatic rings. The van der Waals surface area contributed by atoms with E-state index >= 15 is 0 Å². The molecule has 0 saturated carbocycles. The summed E-state index contributed by atoms with van der Waals surface area (Å²) in [6, 6.07) is 2.22. The van der Waals surface area contributed by atoms with Gasteiger partial charge in [-0.2, -0.15) is 13.2 Å². The van der Waals surface area contributed by atoms with E-state index in [1.54, 1.807) is 0 Å². The minimum Gasteiger partial charge on any atom is -0.376 e. The summed E-state index contributed by atoms with van der Waals surface area (Å²) in [7, 11) is 0. The van der Waals surface area contributed by atoms with Gasteiger partial charge < -0.3 is 10.1 Å². The maximum atomic E-state index is 12.4. The van der Waals surface area contributed by atoms with E-state index in [9.17, 15) is 18.0 Å². The van der Waals surface area contributed by atoms with Gasteiger partial charge in [0.2, 0.25) is 5.91 Å². The minimum absolute atomic E-state index is 0.0724. The molecule has 0 spiro atoms. The second-order valence-electron chi connectivity index (χ2n) is 4.61. The highest BCUT2D eigenvalue weighted by Crippen LogP contribution is 2.29. The fourth-order valence-corrected chi connectivity index (χ4v) is 2.53. The van der Waals surface area contributed by atoms with Crippen molar-refractivity contribution >= 4 is 17.7 Å². The average Bonchev–Trinajstić information content (AvgIpc) is 2.95. The zero-order valence-electron chi connectivity index (χ0n) is 11.2. The van der Waals surface area contributed by atoms with Crippen molar-refractivity contribution in [3.05, 3.63) is 23.9 Å². The van der Waals surface area contributed by atoms with Crippen molar-refractivity contribution in [2.45, 2.75) is 30.1 Å². The molecule has 1 fully saturated rings. The van der Waals surface area contributed by atoms with Crippen LogP contribution in [0.1, 0.15) is 18.4 Å². The lowest BCUT2D eigenvalue weighted by atomic mass is 10.2. The van der Waals surface area contributed by atoms with Gasteiger partial charge in [-0.3, -0.25) is 4.79 Å². The number of amides is 1. The first-order valence-corrected chi connectivity index (χ1v) is 7.48. The quantitative estimate of drug-likeness (QED) is 0.847. The summed E-state index contributed by atoms with van der Waals surface area (Å²) < 4.78 is 42.4. The molecule has 0 aliphatic carbocycles. The lowest BCUT2D eigenvalue weighted by Gasteiger charge is -2.10. The lowest BCUT2D eigenvalue weighted by Crippen LogP contribution is -2.32. The number of hydrogen-bond donors (Lipinski definition) is 1. The van der Waals surface area contributed by atoms with Crippen LogP contribution in [0.5, 0.6) is 0 Å². The predicted molar refractivity (Wildman–Crippen MR) is 71.9 cm³/mol. The maximum absolute atomic E-state index is 12.4. The Morgan fingerprint density at radius 1 is 1.48 bits per heavy atom. The predicted octanol–water partition coefficient (Wildman–Crippen LogP) is 2.49. The number of rotatable bonds is 5. The molecule has 1 saturated heterocycles. The number of halogens is 3. The SMILES string of the molecule is O=C(CSc1ccc(C(F)(F)F)cn1)NC[C@H]1CCCO1. The summed E-state index contributed by atoms with van der Waals surface area (Å²) in [4.78, 5) is 15.3. The van der Waals surface area contributed by atoms with Gasteiger partial charge in [0.05, 0.1) is 22.4 Å². The van der Waals surface area contributed by atoms with Crippen LogP contribution in [0.4, 0.5) is 13.2 Å². The van der Waals surface area contributed by atoms with Crippen molar-refractivity contribution in [3.8, 4) is 0 Å². The molecule has 0 radical (unpaired) electrons. The van der Waals surface area contributed by atoms with Crippen LogP contribution in [0.2, 0.25) is 0 Å². The molecule has 2 heterocycles. The summed E-state index contributed by atoms with van der Waals surface area (Å²) in [6.45, 7) is 1.20. The van der Waals surface area contributed by atoms with E-state index in [-0.39, 0.29) is 17.8 Å². The van der Waals surface area contributed by atoms with E-state index in [1.807, 2.05) is 0 Å². The van der Waals surface area contributed by atoms with E-state index in [0.717, 1.165) is 43.5 Å². The number of nitrogens with one attached hydrogen (secondary N) is 1. The normalized spacial score (nSPS) is 18.7. The molecule has 1 aromatic rings. The molecule has 1 aliphatic heterocycles. The monoisotopic (exact) mass is 320 g/mol. The zero-order valence-corrected chi connectivity index (χ0v) is 12.0. The van der Waals surface area contributed by atoms with E-state index < -0.39 is 11.7 Å². The number of aromatic nitrogens is 1. The van der Waals surface area contributed by atoms with Crippen LogP contribution in [-0.4, -0.2) is 35.9 Å². The second-order valence-corrected chi connectivity index (χ2v) is 5.61. The third-order valence-corrected chi connectivity index (χ3v) is 3.91. The summed E-state index contributed by atoms with van der Waals surface area (Å²) in [6.07, 6.45) is -1.61. The molecule has 4 nitrogen and oxygen atoms in total. The highest BCUT2D eigenvalue weighted by atomic mass is 32.2. The molecule has 0 aromatic carbocycles. The second kappa shape index (κ2) is 7.13. The van der Waals surface area contributed by atoms with Gasteiger partial charge in [0.1, 0.15) is 0 Å². The number of nitrogens with zero attached hydrogens (tertiary/aromatic N) is 1. The van der Waals surface area contributed by atoms with Crippen LogP contribution in [0, 0.1) is 0 Å². The molecule has 1 atom stereocenters. The van der Waals surface area contributed by atoms with Crippen molar-refractivity contribution in [1.82, 2.24) is 10.3 Å². The highest BCUT2D eigenvalue weighted by Gasteiger charge is 2.30. The van der Waals surface area contributed by atoms with Gasteiger partial charge in [-0.25, -0.2) is 4.98 Å². The van der Waals surface area contributed by atoms with Crippen molar-refractivity contribution in [1.29, 1.82) is 0 Å². The Kier molecular flexibility index (Phi) is 5.46. The van der Waals surface area contributed by atoms with E-state index in [4.69, 9.17) is 4.74 Å². The summed E-state index contributed by atoms with van der Waals surface area (Å²) in [5.74, 6) is -0.0670. The van der Waals surface area contributed by atoms with Crippen LogP contribution in [0.15, 0.2) is 23.4 Å². The Balaban J connectivity index is 1.73. The molecule has 1 amide bonds. The first kappa shape index (κ1) is 16.1. The number of thioether (sulfide) groups is 1. The summed E-state index contributed by atoms with van der Waals surface area (Å²) in [5.41, 5.74) is -0.797. The van der Waals surface area contributed by atoms with Crippen LogP contribution in [0.25, 0.3) is 0 Å². The van der Waals surface area contributed by atoms with Gasteiger partial charge in [-0.15, -0.1) is 0 Å². The number of pyridine rings is 1. The zero-order chi connectivity index (χ0) is 15.3. The van der Waals surface area contributed by atoms with Crippen LogP contribution < -0.4 is 5.32 Å². The van der Waals surface area contributed by atoms with E-state index in [0.29, 0.717) is 11.6 Å². The molecule has 1 N–H and O–H groups in total. The number of alkyl halides is 3. The lowest BCUT2D eigenvalue weighted by molar-refractivity contribution is -0.137. The van der Waals surface area contributed by atoms with Crippen LogP contribution >= 0.6 is 11.8 Å². The minimum atomic E-state index is -4.39. The average molecular weight is 320 g/mol. The van der Waals surface area contributed by atoms with Gasteiger partial charge >= 0.3 is 6.18 Å². The fourth-order valence-electron chi connectivity index (χ4n) is 1.86. The molecule has 0 unspecified atom stereocenters. The van der Waals surface area contributed by atoms with Crippen molar-refractivity contribution in [2.24, 2.45) is 0 Å². The van der Waals surface area contributed by atoms with Crippen molar-refractivity contribution in [3.63, 3.8) is 0 Å². The molecular formula is C13H15F3N2O2S. The Hall–Kier alpha value is -1.28. The number of ether oxygens (including phenoxy) is 1. The van der Waals surface area contributed by atoms with Gasteiger partial charge in [0.15, 0.2) is 0 Å². The summed E-state index contributed by atoms with van der Waals surface area (Å²) >= 11 is 1.10. The number of carbonyl (C=O) groups is 1. The third-order valence-electron chi connectivity index (χ3n) is 2.97. The molecule has 2 rings (SSSR count). The largest absolute Gasteiger partial charge is 0.417 e. The van der Waals surface area contributed by atoms with Crippen LogP contribution in [0.3, 0.4) is 0 Å². The molecule has 1 aromatic heterocycles. The Bertz CT molecular complexity index is 473. The molecular weight excluding hydrogens is 305 g/mol. The summed E-state index contributed by atoms with van der Waals surface area (Å²) in [5, 5.41) is 3.12. The van der Waals surface area contributed by atoms with E-state index in [2.05, 4.69) is 10.3 Å². The molecule has 0 bridgehead atoms. The Morgan fingerprint density at radius 2 is 2.29 bits per heavy atom. The van der Waals surface area contributed by atoms with E-state index in [1.165, 1.54) is 6.07 Å². The number of carbonyl (C=O) groups excluding carboxylic acids is 1. The topological polar surface area (TPSA) is 51.2 Å². The van der Waals surface area contributed by atoms with Crippen molar-refractivity contribution < 1.29 is 22.7 Å². The molecule has 8 heteroatoms. The van der Waals surface area contributed by atoms with Crippen LogP contribution in [-0.2, 0) is 15.7 Å². The molecule has 21 heavy (non-hydrogen) atoms. The smallest absolute Gasteiger partial charge is 0.376 e. The van der Waals surface area contributed by atoms with Gasteiger partial charge in [0, 0.05) is 19.3 Å². The van der Waals surface area contributed by atoms with Gasteiger partial charge in [-0.05, 0) is 25.0 Å².